The second-order valence-corrected chi connectivity index (χ2v) is 6.04. The Kier molecular flexibility index (Phi) is 6.22. The van der Waals surface area contributed by atoms with Crippen LogP contribution in [0, 0.1) is 0 Å². The van der Waals surface area contributed by atoms with Gasteiger partial charge < -0.3 is 9.72 Å². The maximum absolute atomic E-state index is 11.9. The Morgan fingerprint density at radius 2 is 2.30 bits per heavy atom. The van der Waals surface area contributed by atoms with Crippen LogP contribution in [0.5, 0.6) is 0 Å². The molecule has 0 saturated carbocycles. The van der Waals surface area contributed by atoms with Crippen LogP contribution in [0.25, 0.3) is 0 Å². The molecular formula is C13H21N3O3S. The molecular weight excluding hydrogens is 278 g/mol. The van der Waals surface area contributed by atoms with E-state index in [1.807, 2.05) is 20.8 Å². The number of methoxy groups -OCH3 is 1. The quantitative estimate of drug-likeness (QED) is 0.447. The number of aromatic amines is 1. The van der Waals surface area contributed by atoms with Gasteiger partial charge in [0.25, 0.3) is 5.56 Å². The fourth-order valence-corrected chi connectivity index (χ4v) is 2.88. The third-order valence-electron chi connectivity index (χ3n) is 2.73. The highest BCUT2D eigenvalue weighted by Crippen LogP contribution is 2.20. The zero-order chi connectivity index (χ0) is 15.2. The second-order valence-electron chi connectivity index (χ2n) is 4.96. The molecule has 1 atom stereocenters. The molecule has 6 nitrogen and oxygen atoms in total. The van der Waals surface area contributed by atoms with Gasteiger partial charge in [-0.3, -0.25) is 14.9 Å². The summed E-state index contributed by atoms with van der Waals surface area (Å²) in [5.41, 5.74) is -0.927. The van der Waals surface area contributed by atoms with Gasteiger partial charge in [0.15, 0.2) is 5.16 Å². The smallest absolute Gasteiger partial charge is 0.325 e. The number of esters is 1. The zero-order valence-electron chi connectivity index (χ0n) is 12.2. The molecule has 7 heteroatoms. The van der Waals surface area contributed by atoms with Gasteiger partial charge in [0.1, 0.15) is 5.54 Å². The largest absolute Gasteiger partial charge is 0.468 e. The van der Waals surface area contributed by atoms with Crippen LogP contribution in [0.2, 0.25) is 0 Å². The van der Waals surface area contributed by atoms with Gasteiger partial charge in [-0.2, -0.15) is 0 Å². The van der Waals surface area contributed by atoms with Gasteiger partial charge in [0.2, 0.25) is 0 Å². The Hall–Kier alpha value is -1.34. The van der Waals surface area contributed by atoms with E-state index >= 15 is 0 Å². The van der Waals surface area contributed by atoms with Crippen LogP contribution in [-0.2, 0) is 9.53 Å². The van der Waals surface area contributed by atoms with E-state index in [-0.39, 0.29) is 17.6 Å². The number of nitrogens with one attached hydrogen (secondary N) is 2. The van der Waals surface area contributed by atoms with Crippen LogP contribution < -0.4 is 10.9 Å². The number of aromatic nitrogens is 2. The van der Waals surface area contributed by atoms with Crippen LogP contribution in [0.3, 0.4) is 0 Å². The first kappa shape index (κ1) is 16.7. The lowest BCUT2D eigenvalue weighted by atomic mass is 9.98. The maximum Gasteiger partial charge on any atom is 0.325 e. The molecule has 0 aromatic carbocycles. The van der Waals surface area contributed by atoms with E-state index in [1.165, 1.54) is 31.1 Å². The average molecular weight is 299 g/mol. The molecule has 0 bridgehead atoms. The first-order valence-corrected chi connectivity index (χ1v) is 7.40. The number of nitrogens with zero attached hydrogens (tertiary/aromatic N) is 1. The summed E-state index contributed by atoms with van der Waals surface area (Å²) in [5, 5.41) is 3.77. The first-order valence-electron chi connectivity index (χ1n) is 6.41. The Bertz CT molecular complexity index is 504. The molecule has 0 amide bonds. The molecule has 0 fully saturated rings. The lowest BCUT2D eigenvalue weighted by Gasteiger charge is -2.30. The number of carbonyl (C=O) groups is 1. The van der Waals surface area contributed by atoms with E-state index in [2.05, 4.69) is 15.3 Å². The molecule has 2 N–H and O–H groups in total. The molecule has 112 valence electrons. The number of rotatable bonds is 7. The van der Waals surface area contributed by atoms with E-state index < -0.39 is 5.54 Å². The van der Waals surface area contributed by atoms with Crippen molar-refractivity contribution in [2.45, 2.75) is 43.9 Å². The summed E-state index contributed by atoms with van der Waals surface area (Å²) >= 11 is 1.40. The molecule has 1 rings (SSSR count). The molecule has 1 heterocycles. The average Bonchev–Trinajstić information content (AvgIpc) is 2.37. The Morgan fingerprint density at radius 3 is 2.85 bits per heavy atom. The molecule has 20 heavy (non-hydrogen) atoms. The first-order chi connectivity index (χ1) is 9.37. The third kappa shape index (κ3) is 4.97. The minimum Gasteiger partial charge on any atom is -0.468 e. The lowest BCUT2D eigenvalue weighted by molar-refractivity contribution is -0.148. The number of hydrogen-bond acceptors (Lipinski definition) is 6. The number of thioether (sulfide) groups is 1. The lowest BCUT2D eigenvalue weighted by Crippen LogP contribution is -2.53. The molecule has 1 aromatic rings. The Balaban J connectivity index is 2.63. The summed E-state index contributed by atoms with van der Waals surface area (Å²) in [6.45, 7) is 5.77. The normalized spacial score (nSPS) is 14.1. The molecule has 1 unspecified atom stereocenters. The predicted molar refractivity (Wildman–Crippen MR) is 78.9 cm³/mol. The van der Waals surface area contributed by atoms with Crippen molar-refractivity contribution in [3.05, 3.63) is 22.6 Å². The number of hydrogen-bond donors (Lipinski definition) is 2. The molecule has 0 aliphatic carbocycles. The van der Waals surface area contributed by atoms with Crippen molar-refractivity contribution in [1.29, 1.82) is 0 Å². The van der Waals surface area contributed by atoms with Crippen molar-refractivity contribution in [2.75, 3.05) is 12.9 Å². The van der Waals surface area contributed by atoms with Crippen molar-refractivity contribution >= 4 is 17.7 Å². The minimum absolute atomic E-state index is 0.166. The van der Waals surface area contributed by atoms with E-state index in [0.717, 1.165) is 0 Å². The van der Waals surface area contributed by atoms with Crippen molar-refractivity contribution in [1.82, 2.24) is 15.3 Å². The highest BCUT2D eigenvalue weighted by molar-refractivity contribution is 7.99. The molecule has 0 aliphatic heterocycles. The summed E-state index contributed by atoms with van der Waals surface area (Å²) in [7, 11) is 1.38. The molecule has 0 spiro atoms. The standard InChI is InChI=1S/C13H21N3O3S/c1-9(2)16-13(3,11(18)19-4)6-8-20-12-14-7-5-10(17)15-12/h5,7,9,16H,6,8H2,1-4H3,(H,14,15,17). The SMILES string of the molecule is COC(=O)C(C)(CCSc1nccc(=O)[nH]1)NC(C)C. The second kappa shape index (κ2) is 7.44. The zero-order valence-corrected chi connectivity index (χ0v) is 13.0. The third-order valence-corrected chi connectivity index (χ3v) is 3.62. The van der Waals surface area contributed by atoms with E-state index in [1.54, 1.807) is 0 Å². The van der Waals surface area contributed by atoms with Crippen LogP contribution in [0.1, 0.15) is 27.2 Å². The summed E-state index contributed by atoms with van der Waals surface area (Å²) in [6.07, 6.45) is 2.04. The van der Waals surface area contributed by atoms with Crippen LogP contribution in [0.4, 0.5) is 0 Å². The summed E-state index contributed by atoms with van der Waals surface area (Å²) in [5.74, 6) is 0.347. The van der Waals surface area contributed by atoms with E-state index in [0.29, 0.717) is 17.3 Å². The fourth-order valence-electron chi connectivity index (χ4n) is 1.87. The predicted octanol–water partition coefficient (Wildman–Crippen LogP) is 1.18. The highest BCUT2D eigenvalue weighted by Gasteiger charge is 2.34. The Morgan fingerprint density at radius 1 is 1.60 bits per heavy atom. The van der Waals surface area contributed by atoms with Gasteiger partial charge in [-0.15, -0.1) is 0 Å². The van der Waals surface area contributed by atoms with Gasteiger partial charge in [0, 0.05) is 24.1 Å². The minimum atomic E-state index is -0.745. The maximum atomic E-state index is 11.9. The molecule has 1 aromatic heterocycles. The summed E-state index contributed by atoms with van der Waals surface area (Å²) < 4.78 is 4.85. The molecule has 0 radical (unpaired) electrons. The Labute approximate surface area is 122 Å². The van der Waals surface area contributed by atoms with Gasteiger partial charge in [-0.25, -0.2) is 4.98 Å². The number of ether oxygens (including phenoxy) is 1. The van der Waals surface area contributed by atoms with Crippen molar-refractivity contribution in [3.8, 4) is 0 Å². The van der Waals surface area contributed by atoms with Crippen molar-refractivity contribution in [3.63, 3.8) is 0 Å². The van der Waals surface area contributed by atoms with Crippen molar-refractivity contribution < 1.29 is 9.53 Å². The van der Waals surface area contributed by atoms with Crippen LogP contribution in [0.15, 0.2) is 22.2 Å². The fraction of sp³-hybridized carbons (Fsp3) is 0.615. The molecule has 0 saturated heterocycles. The van der Waals surface area contributed by atoms with Gasteiger partial charge >= 0.3 is 5.97 Å². The van der Waals surface area contributed by atoms with Crippen LogP contribution >= 0.6 is 11.8 Å². The summed E-state index contributed by atoms with van der Waals surface area (Å²) in [4.78, 5) is 29.7. The monoisotopic (exact) mass is 299 g/mol. The molecule has 0 aliphatic rings. The van der Waals surface area contributed by atoms with Crippen molar-refractivity contribution in [2.24, 2.45) is 0 Å². The summed E-state index contributed by atoms with van der Waals surface area (Å²) in [6, 6.07) is 1.53. The number of H-pyrrole nitrogens is 1. The van der Waals surface area contributed by atoms with Crippen LogP contribution in [-0.4, -0.2) is 40.4 Å². The number of carbonyl (C=O) groups excluding carboxylic acids is 1. The van der Waals surface area contributed by atoms with E-state index in [4.69, 9.17) is 4.74 Å². The van der Waals surface area contributed by atoms with Gasteiger partial charge in [0.05, 0.1) is 7.11 Å². The topological polar surface area (TPSA) is 84.1 Å². The highest BCUT2D eigenvalue weighted by atomic mass is 32.2. The van der Waals surface area contributed by atoms with Gasteiger partial charge in [-0.05, 0) is 27.2 Å². The van der Waals surface area contributed by atoms with Gasteiger partial charge in [-0.1, -0.05) is 11.8 Å². The van der Waals surface area contributed by atoms with E-state index in [9.17, 15) is 9.59 Å².